The van der Waals surface area contributed by atoms with Crippen LogP contribution in [0.4, 0.5) is 5.69 Å². The summed E-state index contributed by atoms with van der Waals surface area (Å²) in [5, 5.41) is 4.16. The van der Waals surface area contributed by atoms with E-state index in [2.05, 4.69) is 15.1 Å². The van der Waals surface area contributed by atoms with Crippen LogP contribution in [0.1, 0.15) is 12.7 Å². The second-order valence-corrected chi connectivity index (χ2v) is 3.71. The number of amides is 1. The van der Waals surface area contributed by atoms with E-state index in [1.807, 2.05) is 6.92 Å². The third kappa shape index (κ3) is 2.30. The largest absolute Gasteiger partial charge is 0.313 e. The average molecular weight is 231 g/mol. The molecule has 2 aromatic rings. The Bertz CT molecular complexity index is 531. The minimum atomic E-state index is -0.0373. The Morgan fingerprint density at radius 1 is 1.29 bits per heavy atom. The minimum Gasteiger partial charge on any atom is -0.313 e. The zero-order valence-electron chi connectivity index (χ0n) is 9.95. The lowest BCUT2D eigenvalue weighted by atomic mass is 10.4. The molecule has 0 fully saturated rings. The van der Waals surface area contributed by atoms with Crippen LogP contribution in [0.5, 0.6) is 0 Å². The van der Waals surface area contributed by atoms with Crippen LogP contribution in [0, 0.1) is 6.92 Å². The fourth-order valence-corrected chi connectivity index (χ4v) is 1.31. The van der Waals surface area contributed by atoms with Crippen molar-refractivity contribution < 1.29 is 4.79 Å². The third-order valence-electron chi connectivity index (χ3n) is 2.46. The zero-order chi connectivity index (χ0) is 12.4. The summed E-state index contributed by atoms with van der Waals surface area (Å²) in [4.78, 5) is 20.9. The van der Waals surface area contributed by atoms with Crippen LogP contribution in [-0.4, -0.2) is 32.7 Å². The summed E-state index contributed by atoms with van der Waals surface area (Å²) < 4.78 is 1.63. The smallest absolute Gasteiger partial charge is 0.223 e. The molecule has 1 amide bonds. The average Bonchev–Trinajstić information content (AvgIpc) is 2.78. The van der Waals surface area contributed by atoms with Gasteiger partial charge in [0.05, 0.1) is 30.5 Å². The molecular formula is C11H13N5O. The van der Waals surface area contributed by atoms with Gasteiger partial charge in [0.15, 0.2) is 0 Å². The van der Waals surface area contributed by atoms with Crippen LogP contribution in [0.2, 0.25) is 0 Å². The van der Waals surface area contributed by atoms with E-state index in [9.17, 15) is 4.79 Å². The van der Waals surface area contributed by atoms with Crippen LogP contribution in [0.15, 0.2) is 24.8 Å². The van der Waals surface area contributed by atoms with Crippen LogP contribution >= 0.6 is 0 Å². The monoisotopic (exact) mass is 231 g/mol. The molecule has 17 heavy (non-hydrogen) atoms. The Balaban J connectivity index is 2.29. The molecule has 0 aliphatic rings. The lowest BCUT2D eigenvalue weighted by Crippen LogP contribution is -2.22. The van der Waals surface area contributed by atoms with Crippen molar-refractivity contribution in [3.63, 3.8) is 0 Å². The van der Waals surface area contributed by atoms with Crippen molar-refractivity contribution in [1.29, 1.82) is 0 Å². The zero-order valence-corrected chi connectivity index (χ0v) is 9.95. The molecule has 2 rings (SSSR count). The summed E-state index contributed by atoms with van der Waals surface area (Å²) in [6.07, 6.45) is 6.76. The van der Waals surface area contributed by atoms with Gasteiger partial charge in [-0.2, -0.15) is 5.10 Å². The molecule has 88 valence electrons. The summed E-state index contributed by atoms with van der Waals surface area (Å²) in [7, 11) is 1.70. The predicted molar refractivity (Wildman–Crippen MR) is 63.0 cm³/mol. The highest BCUT2D eigenvalue weighted by molar-refractivity contribution is 5.90. The molecule has 0 saturated carbocycles. The minimum absolute atomic E-state index is 0.0373. The van der Waals surface area contributed by atoms with E-state index in [1.165, 1.54) is 11.8 Å². The molecule has 0 aromatic carbocycles. The van der Waals surface area contributed by atoms with Crippen LogP contribution < -0.4 is 4.90 Å². The lowest BCUT2D eigenvalue weighted by molar-refractivity contribution is -0.116. The van der Waals surface area contributed by atoms with E-state index >= 15 is 0 Å². The van der Waals surface area contributed by atoms with E-state index in [0.717, 1.165) is 11.4 Å². The molecule has 0 aliphatic carbocycles. The maximum atomic E-state index is 11.2. The lowest BCUT2D eigenvalue weighted by Gasteiger charge is -2.10. The molecular weight excluding hydrogens is 218 g/mol. The number of hydrogen-bond acceptors (Lipinski definition) is 4. The maximum absolute atomic E-state index is 11.2. The molecule has 6 heteroatoms. The summed E-state index contributed by atoms with van der Waals surface area (Å²) in [5.41, 5.74) is 1.50. The fraction of sp³-hybridized carbons (Fsp3) is 0.273. The first-order valence-electron chi connectivity index (χ1n) is 5.16. The van der Waals surface area contributed by atoms with Crippen molar-refractivity contribution in [2.45, 2.75) is 13.8 Å². The number of carbonyl (C=O) groups is 1. The van der Waals surface area contributed by atoms with Crippen molar-refractivity contribution >= 4 is 11.6 Å². The van der Waals surface area contributed by atoms with Gasteiger partial charge in [-0.3, -0.25) is 4.79 Å². The van der Waals surface area contributed by atoms with Crippen LogP contribution in [0.3, 0.4) is 0 Å². The number of nitrogens with zero attached hydrogens (tertiary/aromatic N) is 5. The molecule has 0 N–H and O–H groups in total. The number of anilines is 1. The van der Waals surface area contributed by atoms with Crippen molar-refractivity contribution in [3.05, 3.63) is 30.6 Å². The van der Waals surface area contributed by atoms with Crippen molar-refractivity contribution in [1.82, 2.24) is 19.7 Å². The van der Waals surface area contributed by atoms with Gasteiger partial charge in [-0.25, -0.2) is 14.6 Å². The van der Waals surface area contributed by atoms with Gasteiger partial charge in [-0.05, 0) is 6.92 Å². The van der Waals surface area contributed by atoms with Gasteiger partial charge in [0, 0.05) is 14.0 Å². The second kappa shape index (κ2) is 4.32. The quantitative estimate of drug-likeness (QED) is 0.772. The first kappa shape index (κ1) is 11.3. The van der Waals surface area contributed by atoms with Crippen LogP contribution in [-0.2, 0) is 4.79 Å². The SMILES string of the molecule is CC(=O)N(C)c1cnn(-c2cnc(C)nc2)c1. The number of aryl methyl sites for hydroxylation is 1. The molecule has 2 aromatic heterocycles. The van der Waals surface area contributed by atoms with E-state index in [4.69, 9.17) is 0 Å². The van der Waals surface area contributed by atoms with E-state index in [0.29, 0.717) is 5.82 Å². The number of carbonyl (C=O) groups excluding carboxylic acids is 1. The predicted octanol–water partition coefficient (Wildman–Crippen LogP) is 0.953. The molecule has 6 nitrogen and oxygen atoms in total. The van der Waals surface area contributed by atoms with E-state index in [1.54, 1.807) is 36.5 Å². The van der Waals surface area contributed by atoms with Gasteiger partial charge >= 0.3 is 0 Å². The summed E-state index contributed by atoms with van der Waals surface area (Å²) in [6, 6.07) is 0. The van der Waals surface area contributed by atoms with Gasteiger partial charge in [-0.15, -0.1) is 0 Å². The first-order chi connectivity index (χ1) is 8.08. The van der Waals surface area contributed by atoms with Gasteiger partial charge in [0.25, 0.3) is 0 Å². The Hall–Kier alpha value is -2.24. The Morgan fingerprint density at radius 2 is 1.94 bits per heavy atom. The summed E-state index contributed by atoms with van der Waals surface area (Å²) in [5.74, 6) is 0.673. The van der Waals surface area contributed by atoms with Gasteiger partial charge in [0.1, 0.15) is 11.5 Å². The number of aromatic nitrogens is 4. The Labute approximate surface area is 98.9 Å². The Kier molecular flexibility index (Phi) is 2.86. The highest BCUT2D eigenvalue weighted by Crippen LogP contribution is 2.13. The highest BCUT2D eigenvalue weighted by atomic mass is 16.2. The van der Waals surface area contributed by atoms with Crippen molar-refractivity contribution in [3.8, 4) is 5.69 Å². The normalized spacial score (nSPS) is 10.3. The molecule has 0 unspecified atom stereocenters. The topological polar surface area (TPSA) is 63.9 Å². The maximum Gasteiger partial charge on any atom is 0.223 e. The second-order valence-electron chi connectivity index (χ2n) is 3.71. The summed E-state index contributed by atoms with van der Waals surface area (Å²) in [6.45, 7) is 3.33. The summed E-state index contributed by atoms with van der Waals surface area (Å²) >= 11 is 0. The fourth-order valence-electron chi connectivity index (χ4n) is 1.31. The Morgan fingerprint density at radius 3 is 2.53 bits per heavy atom. The van der Waals surface area contributed by atoms with Gasteiger partial charge in [-0.1, -0.05) is 0 Å². The highest BCUT2D eigenvalue weighted by Gasteiger charge is 2.08. The van der Waals surface area contributed by atoms with Crippen molar-refractivity contribution in [2.24, 2.45) is 0 Å². The third-order valence-corrected chi connectivity index (χ3v) is 2.46. The van der Waals surface area contributed by atoms with Crippen LogP contribution in [0.25, 0.3) is 5.69 Å². The molecule has 0 radical (unpaired) electrons. The molecule has 0 atom stereocenters. The van der Waals surface area contributed by atoms with E-state index in [-0.39, 0.29) is 5.91 Å². The van der Waals surface area contributed by atoms with Gasteiger partial charge in [0.2, 0.25) is 5.91 Å². The number of rotatable bonds is 2. The standard InChI is InChI=1S/C11H13N5O/c1-8-12-4-10(5-13-8)16-7-11(6-14-16)15(3)9(2)17/h4-7H,1-3H3. The molecule has 0 saturated heterocycles. The molecule has 0 aliphatic heterocycles. The van der Waals surface area contributed by atoms with E-state index < -0.39 is 0 Å². The first-order valence-corrected chi connectivity index (χ1v) is 5.16. The number of hydrogen-bond donors (Lipinski definition) is 0. The molecule has 0 spiro atoms. The van der Waals surface area contributed by atoms with Gasteiger partial charge < -0.3 is 4.90 Å². The van der Waals surface area contributed by atoms with Crippen molar-refractivity contribution in [2.75, 3.05) is 11.9 Å². The molecule has 0 bridgehead atoms. The molecule has 2 heterocycles.